The molecule has 0 saturated carbocycles. The first-order valence-electron chi connectivity index (χ1n) is 7.41. The van der Waals surface area contributed by atoms with Crippen molar-refractivity contribution in [1.82, 2.24) is 0 Å². The maximum absolute atomic E-state index is 8.75. The van der Waals surface area contributed by atoms with Crippen molar-refractivity contribution in [3.05, 3.63) is 29.8 Å². The van der Waals surface area contributed by atoms with Gasteiger partial charge in [-0.15, -0.1) is 0 Å². The van der Waals surface area contributed by atoms with Crippen molar-refractivity contribution in [2.24, 2.45) is 0 Å². The zero-order valence-electron chi connectivity index (χ0n) is 13.3. The Labute approximate surface area is 127 Å². The highest BCUT2D eigenvalue weighted by molar-refractivity contribution is 6.62. The third kappa shape index (κ3) is 3.68. The van der Waals surface area contributed by atoms with Gasteiger partial charge in [0.1, 0.15) is 0 Å². The number of hydrogen-bond donors (Lipinski definition) is 1. The van der Waals surface area contributed by atoms with Gasteiger partial charge in [0.2, 0.25) is 0 Å². The lowest BCUT2D eigenvalue weighted by atomic mass is 9.78. The maximum atomic E-state index is 8.75. The molecule has 1 heterocycles. The second kappa shape index (κ2) is 6.23. The quantitative estimate of drug-likeness (QED) is 0.525. The molecule has 0 bridgehead atoms. The molecule has 0 aliphatic carbocycles. The summed E-state index contributed by atoms with van der Waals surface area (Å²) in [6, 6.07) is 7.95. The number of hydrogen-bond acceptors (Lipinski definition) is 3. The van der Waals surface area contributed by atoms with Gasteiger partial charge in [0, 0.05) is 18.6 Å². The van der Waals surface area contributed by atoms with Crippen molar-refractivity contribution in [3.63, 3.8) is 0 Å². The fourth-order valence-corrected chi connectivity index (χ4v) is 2.07. The summed E-state index contributed by atoms with van der Waals surface area (Å²) < 4.78 is 12.1. The van der Waals surface area contributed by atoms with E-state index in [1.54, 1.807) is 0 Å². The van der Waals surface area contributed by atoms with Gasteiger partial charge >= 0.3 is 7.12 Å². The van der Waals surface area contributed by atoms with Crippen molar-refractivity contribution >= 4 is 12.6 Å². The highest BCUT2D eigenvalue weighted by Crippen LogP contribution is 2.36. The Bertz CT molecular complexity index is 539. The van der Waals surface area contributed by atoms with Crippen LogP contribution in [0.4, 0.5) is 0 Å². The van der Waals surface area contributed by atoms with E-state index in [1.807, 2.05) is 52.0 Å². The lowest BCUT2D eigenvalue weighted by molar-refractivity contribution is 0.00578. The van der Waals surface area contributed by atoms with Crippen molar-refractivity contribution in [3.8, 4) is 11.8 Å². The van der Waals surface area contributed by atoms with Crippen LogP contribution in [0, 0.1) is 11.8 Å². The van der Waals surface area contributed by atoms with Crippen molar-refractivity contribution < 1.29 is 14.4 Å². The Hall–Kier alpha value is -1.28. The van der Waals surface area contributed by atoms with Crippen molar-refractivity contribution in [2.45, 2.75) is 51.7 Å². The standard InChI is InChI=1S/C17H23BO3/c1-16(2)17(3,4)21-18(20-16)15-11-8-10-14(13-15)9-6-5-7-12-19/h8,10-11,13,19H,5,7,12H2,1-4H3. The van der Waals surface area contributed by atoms with E-state index in [0.29, 0.717) is 12.8 Å². The van der Waals surface area contributed by atoms with Crippen molar-refractivity contribution in [1.29, 1.82) is 0 Å². The smallest absolute Gasteiger partial charge is 0.399 e. The summed E-state index contributed by atoms with van der Waals surface area (Å²) in [5.74, 6) is 6.17. The predicted molar refractivity (Wildman–Crippen MR) is 85.4 cm³/mol. The fourth-order valence-electron chi connectivity index (χ4n) is 2.07. The summed E-state index contributed by atoms with van der Waals surface area (Å²) in [7, 11) is -0.353. The zero-order chi connectivity index (χ0) is 15.5. The second-order valence-electron chi connectivity index (χ2n) is 6.34. The molecule has 4 heteroatoms. The van der Waals surface area contributed by atoms with E-state index in [2.05, 4.69) is 11.8 Å². The molecule has 21 heavy (non-hydrogen) atoms. The molecule has 0 atom stereocenters. The van der Waals surface area contributed by atoms with E-state index in [1.165, 1.54) is 0 Å². The maximum Gasteiger partial charge on any atom is 0.494 e. The SMILES string of the molecule is CC1(C)OB(c2cccc(C#CCCCO)c2)OC1(C)C. The predicted octanol–water partition coefficient (Wildman–Crippen LogP) is 2.11. The Kier molecular flexibility index (Phi) is 4.78. The molecule has 1 aromatic carbocycles. The van der Waals surface area contributed by atoms with E-state index in [-0.39, 0.29) is 24.9 Å². The molecule has 1 fully saturated rings. The van der Waals surface area contributed by atoms with Crippen LogP contribution in [-0.4, -0.2) is 30.0 Å². The molecule has 3 nitrogen and oxygen atoms in total. The lowest BCUT2D eigenvalue weighted by Gasteiger charge is -2.32. The molecule has 2 rings (SSSR count). The van der Waals surface area contributed by atoms with Gasteiger partial charge in [0.15, 0.2) is 0 Å². The summed E-state index contributed by atoms with van der Waals surface area (Å²) in [4.78, 5) is 0. The Morgan fingerprint density at radius 2 is 1.81 bits per heavy atom. The van der Waals surface area contributed by atoms with Crippen LogP contribution in [0.5, 0.6) is 0 Å². The van der Waals surface area contributed by atoms with Crippen LogP contribution >= 0.6 is 0 Å². The summed E-state index contributed by atoms with van der Waals surface area (Å²) >= 11 is 0. The number of benzene rings is 1. The Morgan fingerprint density at radius 1 is 1.14 bits per heavy atom. The van der Waals surface area contributed by atoms with Crippen LogP contribution in [0.1, 0.15) is 46.1 Å². The highest BCUT2D eigenvalue weighted by atomic mass is 16.7. The number of aliphatic hydroxyl groups is 1. The Balaban J connectivity index is 2.13. The molecular weight excluding hydrogens is 263 g/mol. The van der Waals surface area contributed by atoms with E-state index < -0.39 is 0 Å². The summed E-state index contributed by atoms with van der Waals surface area (Å²) in [5, 5.41) is 8.75. The molecule has 0 aromatic heterocycles. The Morgan fingerprint density at radius 3 is 2.43 bits per heavy atom. The van der Waals surface area contributed by atoms with Gasteiger partial charge in [-0.25, -0.2) is 0 Å². The molecule has 0 unspecified atom stereocenters. The summed E-state index contributed by atoms with van der Waals surface area (Å²) in [6.45, 7) is 8.37. The van der Waals surface area contributed by atoms with Gasteiger partial charge in [-0.3, -0.25) is 0 Å². The molecule has 0 amide bonds. The van der Waals surface area contributed by atoms with Gasteiger partial charge in [-0.05, 0) is 51.7 Å². The van der Waals surface area contributed by atoms with Crippen LogP contribution in [0.25, 0.3) is 0 Å². The minimum atomic E-state index is -0.353. The first-order chi connectivity index (χ1) is 9.86. The topological polar surface area (TPSA) is 38.7 Å². The summed E-state index contributed by atoms with van der Waals surface area (Å²) in [5.41, 5.74) is 1.27. The second-order valence-corrected chi connectivity index (χ2v) is 6.34. The van der Waals surface area contributed by atoms with Gasteiger partial charge in [-0.1, -0.05) is 24.0 Å². The van der Waals surface area contributed by atoms with E-state index in [4.69, 9.17) is 14.4 Å². The fraction of sp³-hybridized carbons (Fsp3) is 0.529. The normalized spacial score (nSPS) is 19.2. The molecule has 1 N–H and O–H groups in total. The first-order valence-corrected chi connectivity index (χ1v) is 7.41. The van der Waals surface area contributed by atoms with Crippen LogP contribution < -0.4 is 5.46 Å². The van der Waals surface area contributed by atoms with E-state index in [0.717, 1.165) is 11.0 Å². The molecule has 1 aromatic rings. The van der Waals surface area contributed by atoms with Crippen LogP contribution in [-0.2, 0) is 9.31 Å². The van der Waals surface area contributed by atoms with Crippen LogP contribution in [0.15, 0.2) is 24.3 Å². The molecule has 112 valence electrons. The molecular formula is C17H23BO3. The van der Waals surface area contributed by atoms with Gasteiger partial charge < -0.3 is 14.4 Å². The monoisotopic (exact) mass is 286 g/mol. The molecule has 1 aliphatic rings. The van der Waals surface area contributed by atoms with Crippen LogP contribution in [0.3, 0.4) is 0 Å². The molecule has 1 saturated heterocycles. The van der Waals surface area contributed by atoms with E-state index in [9.17, 15) is 0 Å². The van der Waals surface area contributed by atoms with Gasteiger partial charge in [0.05, 0.1) is 11.2 Å². The minimum Gasteiger partial charge on any atom is -0.399 e. The average Bonchev–Trinajstić information content (AvgIpc) is 2.64. The van der Waals surface area contributed by atoms with Gasteiger partial charge in [0.25, 0.3) is 0 Å². The third-order valence-corrected chi connectivity index (χ3v) is 4.10. The molecule has 0 radical (unpaired) electrons. The number of aliphatic hydroxyl groups excluding tert-OH is 1. The number of rotatable bonds is 3. The summed E-state index contributed by atoms with van der Waals surface area (Å²) in [6.07, 6.45) is 1.42. The largest absolute Gasteiger partial charge is 0.494 e. The molecule has 0 spiro atoms. The van der Waals surface area contributed by atoms with E-state index >= 15 is 0 Å². The van der Waals surface area contributed by atoms with Crippen LogP contribution in [0.2, 0.25) is 0 Å². The third-order valence-electron chi connectivity index (χ3n) is 4.10. The van der Waals surface area contributed by atoms with Gasteiger partial charge in [-0.2, -0.15) is 0 Å². The lowest BCUT2D eigenvalue weighted by Crippen LogP contribution is -2.41. The zero-order valence-corrected chi connectivity index (χ0v) is 13.3. The van der Waals surface area contributed by atoms with Crippen molar-refractivity contribution in [2.75, 3.05) is 6.61 Å². The minimum absolute atomic E-state index is 0.183. The highest BCUT2D eigenvalue weighted by Gasteiger charge is 2.51. The average molecular weight is 286 g/mol. The number of unbranched alkanes of at least 4 members (excludes halogenated alkanes) is 1. The first kappa shape index (κ1) is 16.1. The molecule has 1 aliphatic heterocycles.